The predicted molar refractivity (Wildman–Crippen MR) is 124 cm³/mol. The first-order valence-electron chi connectivity index (χ1n) is 10.8. The van der Waals surface area contributed by atoms with E-state index in [1.165, 1.54) is 35.4 Å². The van der Waals surface area contributed by atoms with Gasteiger partial charge < -0.3 is 14.6 Å². The molecule has 2 aromatic carbocycles. The zero-order chi connectivity index (χ0) is 24.2. The quantitative estimate of drug-likeness (QED) is 0.313. The maximum Gasteiger partial charge on any atom is 0.300 e. The Balaban J connectivity index is 1.92. The summed E-state index contributed by atoms with van der Waals surface area (Å²) in [4.78, 5) is 31.7. The van der Waals surface area contributed by atoms with E-state index in [0.717, 1.165) is 0 Å². The highest BCUT2D eigenvalue weighted by Crippen LogP contribution is 2.43. The fraction of sp³-hybridized carbons (Fsp3) is 0.192. The topological polar surface area (TPSA) is 89.0 Å². The summed E-state index contributed by atoms with van der Waals surface area (Å²) in [6, 6.07) is 12.5. The number of ketones is 1. The molecule has 4 rings (SSSR count). The highest BCUT2D eigenvalue weighted by molar-refractivity contribution is 6.51. The van der Waals surface area contributed by atoms with Crippen LogP contribution in [0.1, 0.15) is 31.0 Å². The van der Waals surface area contributed by atoms with E-state index >= 15 is 0 Å². The number of pyridine rings is 1. The molecule has 1 amide bonds. The zero-order valence-electron chi connectivity index (χ0n) is 18.7. The minimum atomic E-state index is -0.972. The predicted octanol–water partition coefficient (Wildman–Crippen LogP) is 4.64. The van der Waals surface area contributed by atoms with Crippen LogP contribution in [0.2, 0.25) is 0 Å². The summed E-state index contributed by atoms with van der Waals surface area (Å²) < 4.78 is 24.8. The molecule has 8 heteroatoms. The number of amides is 1. The van der Waals surface area contributed by atoms with Crippen molar-refractivity contribution in [1.29, 1.82) is 0 Å². The van der Waals surface area contributed by atoms with E-state index in [1.807, 2.05) is 6.92 Å². The van der Waals surface area contributed by atoms with Crippen LogP contribution in [0.4, 0.5) is 10.1 Å². The molecule has 0 spiro atoms. The normalized spacial score (nSPS) is 17.1. The van der Waals surface area contributed by atoms with Crippen LogP contribution in [0.5, 0.6) is 11.5 Å². The van der Waals surface area contributed by atoms with Crippen molar-refractivity contribution in [2.24, 2.45) is 0 Å². The van der Waals surface area contributed by atoms with E-state index in [4.69, 9.17) is 9.47 Å². The lowest BCUT2D eigenvalue weighted by atomic mass is 9.95. The van der Waals surface area contributed by atoms with Gasteiger partial charge in [0.15, 0.2) is 0 Å². The van der Waals surface area contributed by atoms with Gasteiger partial charge >= 0.3 is 0 Å². The number of anilines is 1. The molecule has 0 aliphatic carbocycles. The van der Waals surface area contributed by atoms with Crippen LogP contribution in [0.15, 0.2) is 72.6 Å². The first-order chi connectivity index (χ1) is 16.5. The van der Waals surface area contributed by atoms with Gasteiger partial charge in [-0.3, -0.25) is 19.5 Å². The summed E-state index contributed by atoms with van der Waals surface area (Å²) in [6.07, 6.45) is 3.08. The third kappa shape index (κ3) is 4.22. The van der Waals surface area contributed by atoms with Gasteiger partial charge in [-0.05, 0) is 61.9 Å². The van der Waals surface area contributed by atoms with Crippen LogP contribution in [0, 0.1) is 5.82 Å². The maximum absolute atomic E-state index is 13.5. The summed E-state index contributed by atoms with van der Waals surface area (Å²) >= 11 is 0. The summed E-state index contributed by atoms with van der Waals surface area (Å²) in [7, 11) is 0. The molecule has 1 aliphatic rings. The van der Waals surface area contributed by atoms with Crippen molar-refractivity contribution in [2.45, 2.75) is 19.9 Å². The van der Waals surface area contributed by atoms with Gasteiger partial charge in [-0.15, -0.1) is 0 Å². The second-order valence-electron chi connectivity index (χ2n) is 7.46. The second-order valence-corrected chi connectivity index (χ2v) is 7.46. The van der Waals surface area contributed by atoms with E-state index in [1.54, 1.807) is 43.5 Å². The molecule has 1 N–H and O–H groups in total. The second kappa shape index (κ2) is 9.74. The van der Waals surface area contributed by atoms with Gasteiger partial charge in [0, 0.05) is 24.1 Å². The van der Waals surface area contributed by atoms with E-state index in [2.05, 4.69) is 4.98 Å². The smallest absolute Gasteiger partial charge is 0.300 e. The molecule has 1 aliphatic heterocycles. The summed E-state index contributed by atoms with van der Waals surface area (Å²) in [5.74, 6) is -1.72. The number of carbonyl (C=O) groups excluding carboxylic acids is 2. The maximum atomic E-state index is 13.5. The lowest BCUT2D eigenvalue weighted by Crippen LogP contribution is -2.29. The number of aromatic nitrogens is 1. The Labute approximate surface area is 196 Å². The molecule has 0 radical (unpaired) electrons. The molecule has 1 unspecified atom stereocenters. The van der Waals surface area contributed by atoms with Crippen LogP contribution in [0.25, 0.3) is 5.76 Å². The third-order valence-electron chi connectivity index (χ3n) is 5.37. The van der Waals surface area contributed by atoms with Crippen LogP contribution in [0.3, 0.4) is 0 Å². The van der Waals surface area contributed by atoms with Crippen molar-refractivity contribution in [3.63, 3.8) is 0 Å². The number of carbonyl (C=O) groups is 2. The van der Waals surface area contributed by atoms with Gasteiger partial charge in [0.1, 0.15) is 23.1 Å². The minimum Gasteiger partial charge on any atom is -0.507 e. The number of nitrogens with zero attached hydrogens (tertiary/aromatic N) is 2. The molecular formula is C26H23FN2O5. The lowest BCUT2D eigenvalue weighted by Gasteiger charge is -2.25. The standard InChI is InChI=1S/C26H23FN2O5/c1-3-33-19-11-12-20(21(14-19)34-4-2)24(30)22-23(16-6-5-13-28-15-16)29(26(32)25(22)31)18-9-7-17(27)8-10-18/h5-15,23,30H,3-4H2,1-2H3/b24-22-. The van der Waals surface area contributed by atoms with Gasteiger partial charge in [-0.2, -0.15) is 0 Å². The Morgan fingerprint density at radius 2 is 1.79 bits per heavy atom. The first-order valence-corrected chi connectivity index (χ1v) is 10.8. The van der Waals surface area contributed by atoms with Gasteiger partial charge in [0.05, 0.1) is 30.4 Å². The molecule has 34 heavy (non-hydrogen) atoms. The van der Waals surface area contributed by atoms with Crippen LogP contribution >= 0.6 is 0 Å². The Kier molecular flexibility index (Phi) is 6.58. The van der Waals surface area contributed by atoms with Gasteiger partial charge in [-0.25, -0.2) is 4.39 Å². The van der Waals surface area contributed by atoms with E-state index in [9.17, 15) is 19.1 Å². The monoisotopic (exact) mass is 462 g/mol. The number of ether oxygens (including phenoxy) is 2. The number of halogens is 1. The lowest BCUT2D eigenvalue weighted by molar-refractivity contribution is -0.132. The number of aliphatic hydroxyl groups is 1. The summed E-state index contributed by atoms with van der Waals surface area (Å²) in [5.41, 5.74) is 0.952. The van der Waals surface area contributed by atoms with E-state index < -0.39 is 23.5 Å². The molecule has 0 bridgehead atoms. The highest BCUT2D eigenvalue weighted by atomic mass is 19.1. The van der Waals surface area contributed by atoms with E-state index in [-0.39, 0.29) is 16.9 Å². The molecule has 0 saturated carbocycles. The number of rotatable bonds is 7. The van der Waals surface area contributed by atoms with E-state index in [0.29, 0.717) is 36.0 Å². The van der Waals surface area contributed by atoms with Crippen LogP contribution in [-0.2, 0) is 9.59 Å². The Morgan fingerprint density at radius 1 is 1.06 bits per heavy atom. The van der Waals surface area contributed by atoms with Crippen molar-refractivity contribution in [3.8, 4) is 11.5 Å². The Hall–Kier alpha value is -4.20. The number of hydrogen-bond acceptors (Lipinski definition) is 6. The van der Waals surface area contributed by atoms with Crippen molar-refractivity contribution < 1.29 is 28.6 Å². The van der Waals surface area contributed by atoms with Gasteiger partial charge in [0.25, 0.3) is 11.7 Å². The average molecular weight is 462 g/mol. The SMILES string of the molecule is CCOc1ccc(/C(O)=C2/C(=O)C(=O)N(c3ccc(F)cc3)C2c2cccnc2)c(OCC)c1. The molecule has 1 saturated heterocycles. The first kappa shape index (κ1) is 23.0. The molecule has 3 aromatic rings. The summed E-state index contributed by atoms with van der Waals surface area (Å²) in [5, 5.41) is 11.4. The van der Waals surface area contributed by atoms with Crippen molar-refractivity contribution >= 4 is 23.1 Å². The molecule has 174 valence electrons. The molecule has 1 fully saturated rings. The van der Waals surface area contributed by atoms with Gasteiger partial charge in [0.2, 0.25) is 0 Å². The number of hydrogen-bond donors (Lipinski definition) is 1. The highest BCUT2D eigenvalue weighted by Gasteiger charge is 2.47. The molecule has 1 aromatic heterocycles. The number of aliphatic hydroxyl groups excluding tert-OH is 1. The van der Waals surface area contributed by atoms with Crippen LogP contribution < -0.4 is 14.4 Å². The summed E-state index contributed by atoms with van der Waals surface area (Å²) in [6.45, 7) is 4.39. The fourth-order valence-corrected chi connectivity index (χ4v) is 3.93. The number of Topliss-reactive ketones (excluding diaryl/α,β-unsaturated/α-hetero) is 1. The van der Waals surface area contributed by atoms with Crippen molar-refractivity contribution in [1.82, 2.24) is 4.98 Å². The fourth-order valence-electron chi connectivity index (χ4n) is 3.93. The Bertz CT molecular complexity index is 1240. The largest absolute Gasteiger partial charge is 0.507 e. The molecule has 2 heterocycles. The van der Waals surface area contributed by atoms with Crippen molar-refractivity contribution in [3.05, 3.63) is 89.5 Å². The Morgan fingerprint density at radius 3 is 2.44 bits per heavy atom. The van der Waals surface area contributed by atoms with Crippen LogP contribution in [-0.4, -0.2) is 35.0 Å². The average Bonchev–Trinajstić information content (AvgIpc) is 3.11. The third-order valence-corrected chi connectivity index (χ3v) is 5.37. The molecule has 7 nitrogen and oxygen atoms in total. The zero-order valence-corrected chi connectivity index (χ0v) is 18.7. The minimum absolute atomic E-state index is 0.118. The molecule has 1 atom stereocenters. The molecular weight excluding hydrogens is 439 g/mol. The van der Waals surface area contributed by atoms with Gasteiger partial charge in [-0.1, -0.05) is 6.07 Å². The number of benzene rings is 2. The van der Waals surface area contributed by atoms with Crippen molar-refractivity contribution in [2.75, 3.05) is 18.1 Å².